The molecule has 0 fully saturated rings. The Hall–Kier alpha value is -3.96. The Kier molecular flexibility index (Phi) is 4.58. The van der Waals surface area contributed by atoms with Crippen LogP contribution in [0.5, 0.6) is 0 Å². The zero-order valence-corrected chi connectivity index (χ0v) is 15.3. The van der Waals surface area contributed by atoms with Crippen molar-refractivity contribution in [3.05, 3.63) is 81.1 Å². The van der Waals surface area contributed by atoms with Gasteiger partial charge in [0.05, 0.1) is 26.6 Å². The maximum Gasteiger partial charge on any atom is 0.270 e. The number of furan rings is 1. The predicted octanol–water partition coefficient (Wildman–Crippen LogP) is 5.59. The fourth-order valence-corrected chi connectivity index (χ4v) is 3.07. The first-order valence-corrected chi connectivity index (χ1v) is 8.64. The molecule has 0 aliphatic heterocycles. The van der Waals surface area contributed by atoms with Crippen molar-refractivity contribution >= 4 is 40.0 Å². The van der Waals surface area contributed by atoms with Crippen molar-refractivity contribution < 1.29 is 13.7 Å². The Balaban J connectivity index is 1.68. The quantitative estimate of drug-likeness (QED) is 0.269. The van der Waals surface area contributed by atoms with Crippen LogP contribution in [-0.2, 0) is 0 Å². The van der Waals surface area contributed by atoms with Crippen molar-refractivity contribution in [2.75, 3.05) is 0 Å². The van der Waals surface area contributed by atoms with Crippen molar-refractivity contribution in [1.82, 2.24) is 9.97 Å². The molecule has 29 heavy (non-hydrogen) atoms. The van der Waals surface area contributed by atoms with Crippen LogP contribution in [0.4, 0.5) is 10.1 Å². The number of benzene rings is 2. The van der Waals surface area contributed by atoms with Crippen molar-refractivity contribution in [1.29, 1.82) is 5.26 Å². The average Bonchev–Trinajstić information content (AvgIpc) is 3.32. The van der Waals surface area contributed by atoms with Gasteiger partial charge in [-0.3, -0.25) is 10.1 Å². The normalized spacial score (nSPS) is 11.6. The number of nitro benzene ring substituents is 1. The van der Waals surface area contributed by atoms with Crippen LogP contribution in [0, 0.1) is 27.3 Å². The molecule has 0 amide bonds. The van der Waals surface area contributed by atoms with Crippen LogP contribution in [0.2, 0.25) is 5.02 Å². The number of nitro groups is 1. The molecule has 0 saturated carbocycles. The molecule has 2 heterocycles. The van der Waals surface area contributed by atoms with E-state index in [-0.39, 0.29) is 22.1 Å². The first-order chi connectivity index (χ1) is 13.9. The minimum atomic E-state index is -0.537. The Morgan fingerprint density at radius 1 is 1.28 bits per heavy atom. The second kappa shape index (κ2) is 7.22. The zero-order chi connectivity index (χ0) is 20.5. The molecular weight excluding hydrogens is 399 g/mol. The molecule has 9 heteroatoms. The number of allylic oxidation sites excluding steroid dienone is 1. The summed E-state index contributed by atoms with van der Waals surface area (Å²) in [5.41, 5.74) is 1.55. The largest absolute Gasteiger partial charge is 0.457 e. The van der Waals surface area contributed by atoms with Gasteiger partial charge in [-0.05, 0) is 36.4 Å². The van der Waals surface area contributed by atoms with Crippen molar-refractivity contribution in [3.8, 4) is 17.4 Å². The zero-order valence-electron chi connectivity index (χ0n) is 14.5. The third kappa shape index (κ3) is 3.59. The summed E-state index contributed by atoms with van der Waals surface area (Å²) in [6, 6.07) is 13.5. The van der Waals surface area contributed by atoms with Crippen molar-refractivity contribution in [3.63, 3.8) is 0 Å². The van der Waals surface area contributed by atoms with Gasteiger partial charge in [0.15, 0.2) is 0 Å². The van der Waals surface area contributed by atoms with E-state index < -0.39 is 10.7 Å². The van der Waals surface area contributed by atoms with E-state index in [1.807, 2.05) is 6.07 Å². The van der Waals surface area contributed by atoms with Crippen molar-refractivity contribution in [2.45, 2.75) is 0 Å². The van der Waals surface area contributed by atoms with Crippen LogP contribution in [0.25, 0.3) is 34.0 Å². The first-order valence-electron chi connectivity index (χ1n) is 8.26. The fourth-order valence-electron chi connectivity index (χ4n) is 2.80. The summed E-state index contributed by atoms with van der Waals surface area (Å²) in [6.07, 6.45) is 1.48. The molecule has 0 radical (unpaired) electrons. The molecule has 0 aliphatic rings. The number of nitrogens with zero attached hydrogens (tertiary/aromatic N) is 3. The smallest absolute Gasteiger partial charge is 0.270 e. The number of aromatic amines is 1. The molecule has 0 bridgehead atoms. The van der Waals surface area contributed by atoms with Crippen LogP contribution < -0.4 is 0 Å². The molecule has 0 unspecified atom stereocenters. The third-order valence-electron chi connectivity index (χ3n) is 4.16. The van der Waals surface area contributed by atoms with E-state index in [9.17, 15) is 19.8 Å². The number of hydrogen-bond acceptors (Lipinski definition) is 5. The number of halogens is 2. The number of hydrogen-bond donors (Lipinski definition) is 1. The van der Waals surface area contributed by atoms with Gasteiger partial charge >= 0.3 is 0 Å². The molecule has 7 nitrogen and oxygen atoms in total. The molecule has 2 aromatic carbocycles. The van der Waals surface area contributed by atoms with Gasteiger partial charge < -0.3 is 9.40 Å². The summed E-state index contributed by atoms with van der Waals surface area (Å²) in [4.78, 5) is 17.5. The summed E-state index contributed by atoms with van der Waals surface area (Å²) in [5.74, 6) is 0.614. The molecule has 0 atom stereocenters. The third-order valence-corrected chi connectivity index (χ3v) is 4.47. The number of aromatic nitrogens is 2. The van der Waals surface area contributed by atoms with Gasteiger partial charge in [-0.2, -0.15) is 5.26 Å². The van der Waals surface area contributed by atoms with E-state index >= 15 is 0 Å². The first kappa shape index (κ1) is 18.4. The monoisotopic (exact) mass is 408 g/mol. The number of rotatable bonds is 4. The Labute approximate surface area is 167 Å². The van der Waals surface area contributed by atoms with Crippen LogP contribution in [0.3, 0.4) is 0 Å². The minimum Gasteiger partial charge on any atom is -0.457 e. The molecule has 142 valence electrons. The molecule has 1 N–H and O–H groups in total. The maximum absolute atomic E-state index is 13.4. The lowest BCUT2D eigenvalue weighted by Gasteiger charge is -2.00. The molecule has 4 aromatic rings. The second-order valence-electron chi connectivity index (χ2n) is 6.04. The van der Waals surface area contributed by atoms with E-state index in [0.29, 0.717) is 28.1 Å². The molecule has 4 rings (SSSR count). The highest BCUT2D eigenvalue weighted by Crippen LogP contribution is 2.33. The molecule has 2 aromatic heterocycles. The second-order valence-corrected chi connectivity index (χ2v) is 6.45. The summed E-state index contributed by atoms with van der Waals surface area (Å²) in [6.45, 7) is 0. The number of imidazole rings is 1. The van der Waals surface area contributed by atoms with Gasteiger partial charge in [-0.15, -0.1) is 0 Å². The predicted molar refractivity (Wildman–Crippen MR) is 105 cm³/mol. The lowest BCUT2D eigenvalue weighted by molar-refractivity contribution is -0.384. The van der Waals surface area contributed by atoms with Gasteiger partial charge in [-0.1, -0.05) is 11.6 Å². The van der Waals surface area contributed by atoms with Gasteiger partial charge in [-0.25, -0.2) is 9.37 Å². The lowest BCUT2D eigenvalue weighted by atomic mass is 10.1. The van der Waals surface area contributed by atoms with E-state index in [1.165, 1.54) is 42.5 Å². The molecular formula is C20H10ClFN4O3. The standard InChI is InChI=1S/C20H10ClFN4O3/c21-16-9-13(26(27)28)2-4-15(16)19-6-3-14(29-19)7-11(10-23)20-24-17-5-1-12(22)8-18(17)25-20/h1-9H,(H,24,25)/b11-7-. The van der Waals surface area contributed by atoms with Gasteiger partial charge in [0.1, 0.15) is 29.2 Å². The Morgan fingerprint density at radius 2 is 2.10 bits per heavy atom. The molecule has 0 saturated heterocycles. The van der Waals surface area contributed by atoms with Gasteiger partial charge in [0.2, 0.25) is 0 Å². The fraction of sp³-hybridized carbons (Fsp3) is 0. The van der Waals surface area contributed by atoms with E-state index in [0.717, 1.165) is 0 Å². The summed E-state index contributed by atoms with van der Waals surface area (Å²) >= 11 is 6.13. The average molecular weight is 409 g/mol. The highest BCUT2D eigenvalue weighted by Gasteiger charge is 2.14. The van der Waals surface area contributed by atoms with Gasteiger partial charge in [0, 0.05) is 23.8 Å². The molecule has 0 aliphatic carbocycles. The lowest BCUT2D eigenvalue weighted by Crippen LogP contribution is -1.88. The SMILES string of the molecule is N#C/C(=C/c1ccc(-c2ccc([N+](=O)[O-])cc2Cl)o1)c1nc2ccc(F)cc2[nH]1. The summed E-state index contributed by atoms with van der Waals surface area (Å²) in [5, 5.41) is 20.5. The topological polar surface area (TPSA) is 109 Å². The minimum absolute atomic E-state index is 0.126. The highest BCUT2D eigenvalue weighted by atomic mass is 35.5. The van der Waals surface area contributed by atoms with E-state index in [2.05, 4.69) is 9.97 Å². The number of nitriles is 1. The molecule has 0 spiro atoms. The number of non-ortho nitro benzene ring substituents is 1. The Morgan fingerprint density at radius 3 is 2.83 bits per heavy atom. The number of H-pyrrole nitrogens is 1. The maximum atomic E-state index is 13.4. The van der Waals surface area contributed by atoms with E-state index in [4.69, 9.17) is 16.0 Å². The Bertz CT molecular complexity index is 1330. The summed E-state index contributed by atoms with van der Waals surface area (Å²) in [7, 11) is 0. The van der Waals surface area contributed by atoms with Crippen LogP contribution in [-0.4, -0.2) is 14.9 Å². The number of fused-ring (bicyclic) bond motifs is 1. The van der Waals surface area contributed by atoms with Crippen molar-refractivity contribution in [2.24, 2.45) is 0 Å². The van der Waals surface area contributed by atoms with Crippen LogP contribution >= 0.6 is 11.6 Å². The van der Waals surface area contributed by atoms with Gasteiger partial charge in [0.25, 0.3) is 5.69 Å². The number of nitrogens with one attached hydrogen (secondary N) is 1. The highest BCUT2D eigenvalue weighted by molar-refractivity contribution is 6.33. The van der Waals surface area contributed by atoms with E-state index in [1.54, 1.807) is 12.1 Å². The van der Waals surface area contributed by atoms with Crippen LogP contribution in [0.15, 0.2) is 52.9 Å². The summed E-state index contributed by atoms with van der Waals surface area (Å²) < 4.78 is 19.1. The van der Waals surface area contributed by atoms with Crippen LogP contribution in [0.1, 0.15) is 11.6 Å².